The van der Waals surface area contributed by atoms with Crippen molar-refractivity contribution in [3.8, 4) is 0 Å². The third-order valence-corrected chi connectivity index (χ3v) is 5.82. The molecule has 2 rings (SSSR count). The molecule has 2 N–H and O–H groups in total. The van der Waals surface area contributed by atoms with Gasteiger partial charge in [0.2, 0.25) is 0 Å². The molecule has 0 spiro atoms. The van der Waals surface area contributed by atoms with Crippen molar-refractivity contribution >= 4 is 23.5 Å². The molecule has 0 unspecified atom stereocenters. The molecule has 0 aromatic heterocycles. The van der Waals surface area contributed by atoms with Gasteiger partial charge >= 0.3 is 11.9 Å². The molecule has 138 valence electrons. The van der Waals surface area contributed by atoms with Crippen molar-refractivity contribution in [2.75, 3.05) is 0 Å². The Morgan fingerprint density at radius 1 is 0.800 bits per heavy atom. The van der Waals surface area contributed by atoms with Crippen molar-refractivity contribution in [3.63, 3.8) is 0 Å². The summed E-state index contributed by atoms with van der Waals surface area (Å²) in [7, 11) is 0. The molecule has 2 aliphatic rings. The molecule has 6 heteroatoms. The quantitative estimate of drug-likeness (QED) is 0.619. The third-order valence-electron chi connectivity index (χ3n) is 5.82. The van der Waals surface area contributed by atoms with Gasteiger partial charge in [-0.15, -0.1) is 0 Å². The smallest absolute Gasteiger partial charge is 0.332 e. The van der Waals surface area contributed by atoms with Crippen molar-refractivity contribution in [2.45, 2.75) is 64.2 Å². The average Bonchev–Trinajstić information content (AvgIpc) is 3.25. The lowest BCUT2D eigenvalue weighted by molar-refractivity contribution is -0.154. The van der Waals surface area contributed by atoms with E-state index < -0.39 is 35.8 Å². The van der Waals surface area contributed by atoms with Crippen LogP contribution < -0.4 is 0 Å². The van der Waals surface area contributed by atoms with Gasteiger partial charge in [-0.2, -0.15) is 0 Å². The first-order valence-corrected chi connectivity index (χ1v) is 8.99. The number of aliphatic carboxylic acids is 2. The van der Waals surface area contributed by atoms with Crippen LogP contribution >= 0.6 is 0 Å². The van der Waals surface area contributed by atoms with Crippen LogP contribution in [0.3, 0.4) is 0 Å². The molecular formula is C19H26O6. The third kappa shape index (κ3) is 4.17. The molecule has 0 amide bonds. The highest BCUT2D eigenvalue weighted by molar-refractivity contribution is 6.02. The summed E-state index contributed by atoms with van der Waals surface area (Å²) in [6.45, 7) is 3.42. The minimum absolute atomic E-state index is 0.234. The van der Waals surface area contributed by atoms with Crippen LogP contribution in [0.1, 0.15) is 64.2 Å². The van der Waals surface area contributed by atoms with Crippen LogP contribution in [0.4, 0.5) is 0 Å². The molecule has 0 heterocycles. The Morgan fingerprint density at radius 3 is 1.44 bits per heavy atom. The van der Waals surface area contributed by atoms with Crippen molar-refractivity contribution in [1.82, 2.24) is 0 Å². The SMILES string of the molecule is C=C(C(=O)O)C(CC(=O)C1CCCC1)(CC(=O)C1CCCC1)C(=O)O. The molecule has 0 atom stereocenters. The topological polar surface area (TPSA) is 109 Å². The number of ketones is 2. The molecule has 0 aliphatic heterocycles. The van der Waals surface area contributed by atoms with E-state index in [1.807, 2.05) is 0 Å². The van der Waals surface area contributed by atoms with Gasteiger partial charge < -0.3 is 10.2 Å². The zero-order valence-corrected chi connectivity index (χ0v) is 14.5. The fourth-order valence-electron chi connectivity index (χ4n) is 4.14. The molecule has 2 aliphatic carbocycles. The van der Waals surface area contributed by atoms with Crippen LogP contribution in [-0.4, -0.2) is 33.7 Å². The maximum Gasteiger partial charge on any atom is 0.332 e. The van der Waals surface area contributed by atoms with E-state index >= 15 is 0 Å². The Morgan fingerprint density at radius 2 is 1.16 bits per heavy atom. The first-order valence-electron chi connectivity index (χ1n) is 8.99. The number of rotatable bonds is 9. The largest absolute Gasteiger partial charge is 0.481 e. The second kappa shape index (κ2) is 7.93. The summed E-state index contributed by atoms with van der Waals surface area (Å²) < 4.78 is 0. The van der Waals surface area contributed by atoms with Gasteiger partial charge in [0.25, 0.3) is 0 Å². The Bertz CT molecular complexity index is 549. The summed E-state index contributed by atoms with van der Waals surface area (Å²) in [5.74, 6) is -3.91. The first kappa shape index (κ1) is 19.3. The van der Waals surface area contributed by atoms with E-state index in [-0.39, 0.29) is 23.4 Å². The van der Waals surface area contributed by atoms with E-state index in [0.717, 1.165) is 25.7 Å². The summed E-state index contributed by atoms with van der Waals surface area (Å²) in [5, 5.41) is 19.1. The van der Waals surface area contributed by atoms with Crippen molar-refractivity contribution in [2.24, 2.45) is 17.3 Å². The number of hydrogen-bond donors (Lipinski definition) is 2. The van der Waals surface area contributed by atoms with Gasteiger partial charge in [0.1, 0.15) is 17.0 Å². The summed E-state index contributed by atoms with van der Waals surface area (Å²) in [6.07, 6.45) is 5.53. The van der Waals surface area contributed by atoms with Crippen LogP contribution in [0.2, 0.25) is 0 Å². The highest BCUT2D eigenvalue weighted by atomic mass is 16.4. The van der Waals surface area contributed by atoms with E-state index in [2.05, 4.69) is 6.58 Å². The van der Waals surface area contributed by atoms with E-state index in [4.69, 9.17) is 0 Å². The van der Waals surface area contributed by atoms with Gasteiger partial charge in [-0.25, -0.2) is 4.79 Å². The van der Waals surface area contributed by atoms with Crippen LogP contribution in [0.25, 0.3) is 0 Å². The lowest BCUT2D eigenvalue weighted by Crippen LogP contribution is -2.41. The summed E-state index contributed by atoms with van der Waals surface area (Å²) in [6, 6.07) is 0. The normalized spacial score (nSPS) is 19.0. The van der Waals surface area contributed by atoms with Crippen LogP contribution in [0.15, 0.2) is 12.2 Å². The number of carbonyl (C=O) groups excluding carboxylic acids is 2. The monoisotopic (exact) mass is 350 g/mol. The summed E-state index contributed by atoms with van der Waals surface area (Å²) >= 11 is 0. The fourth-order valence-corrected chi connectivity index (χ4v) is 4.14. The standard InChI is InChI=1S/C19H26O6/c1-12(17(22)23)19(18(24)25,10-15(20)13-6-2-3-7-13)11-16(21)14-8-4-5-9-14/h13-14H,1-11H2,(H,22,23)(H,24,25). The minimum atomic E-state index is -2.04. The molecular weight excluding hydrogens is 324 g/mol. The predicted molar refractivity (Wildman–Crippen MR) is 90.0 cm³/mol. The number of carboxylic acids is 2. The second-order valence-corrected chi connectivity index (χ2v) is 7.42. The summed E-state index contributed by atoms with van der Waals surface area (Å²) in [5.41, 5.74) is -2.61. The number of carbonyl (C=O) groups is 4. The molecule has 0 saturated heterocycles. The molecule has 0 bridgehead atoms. The molecule has 2 fully saturated rings. The van der Waals surface area contributed by atoms with Gasteiger partial charge in [0, 0.05) is 30.3 Å². The Kier molecular flexibility index (Phi) is 6.14. The second-order valence-electron chi connectivity index (χ2n) is 7.42. The van der Waals surface area contributed by atoms with E-state index in [0.29, 0.717) is 25.7 Å². The summed E-state index contributed by atoms with van der Waals surface area (Å²) in [4.78, 5) is 48.7. The lowest BCUT2D eigenvalue weighted by atomic mass is 9.70. The highest BCUT2D eigenvalue weighted by Gasteiger charge is 2.49. The van der Waals surface area contributed by atoms with Crippen LogP contribution in [0, 0.1) is 17.3 Å². The molecule has 0 aromatic carbocycles. The molecule has 0 aromatic rings. The van der Waals surface area contributed by atoms with E-state index in [1.165, 1.54) is 0 Å². The maximum atomic E-state index is 12.6. The van der Waals surface area contributed by atoms with Gasteiger partial charge in [-0.1, -0.05) is 32.3 Å². The molecule has 2 saturated carbocycles. The Hall–Kier alpha value is -1.98. The minimum Gasteiger partial charge on any atom is -0.481 e. The van der Waals surface area contributed by atoms with Crippen LogP contribution in [0.5, 0.6) is 0 Å². The average molecular weight is 350 g/mol. The van der Waals surface area contributed by atoms with Crippen LogP contribution in [-0.2, 0) is 19.2 Å². The van der Waals surface area contributed by atoms with Crippen molar-refractivity contribution in [1.29, 1.82) is 0 Å². The van der Waals surface area contributed by atoms with E-state index in [1.54, 1.807) is 0 Å². The highest BCUT2D eigenvalue weighted by Crippen LogP contribution is 2.41. The number of hydrogen-bond acceptors (Lipinski definition) is 4. The zero-order chi connectivity index (χ0) is 18.6. The Balaban J connectivity index is 2.28. The van der Waals surface area contributed by atoms with Crippen molar-refractivity contribution < 1.29 is 29.4 Å². The molecule has 6 nitrogen and oxygen atoms in total. The fraction of sp³-hybridized carbons (Fsp3) is 0.684. The molecule has 0 radical (unpaired) electrons. The Labute approximate surface area is 147 Å². The molecule has 25 heavy (non-hydrogen) atoms. The number of Topliss-reactive ketones (excluding diaryl/α,β-unsaturated/α-hetero) is 2. The predicted octanol–water partition coefficient (Wildman–Crippen LogP) is 3.00. The first-order chi connectivity index (χ1) is 11.8. The van der Waals surface area contributed by atoms with Gasteiger partial charge in [-0.05, 0) is 25.7 Å². The van der Waals surface area contributed by atoms with Gasteiger partial charge in [-0.3, -0.25) is 14.4 Å². The van der Waals surface area contributed by atoms with Crippen molar-refractivity contribution in [3.05, 3.63) is 12.2 Å². The van der Waals surface area contributed by atoms with Gasteiger partial charge in [0.15, 0.2) is 0 Å². The zero-order valence-electron chi connectivity index (χ0n) is 14.5. The maximum absolute atomic E-state index is 12.6. The van der Waals surface area contributed by atoms with Gasteiger partial charge in [0.05, 0.1) is 0 Å². The number of carboxylic acid groups (broad SMARTS) is 2. The lowest BCUT2D eigenvalue weighted by Gasteiger charge is -2.30. The van der Waals surface area contributed by atoms with E-state index in [9.17, 15) is 29.4 Å².